The fourth-order valence-corrected chi connectivity index (χ4v) is 5.70. The number of aliphatic imine (C=N–C) groups is 1. The van der Waals surface area contributed by atoms with Gasteiger partial charge in [0.2, 0.25) is 5.89 Å². The minimum absolute atomic E-state index is 0.0220. The molecule has 3 heterocycles. The number of carbonyl (C=O) groups excluding carboxylic acids is 1. The molecule has 1 atom stereocenters. The van der Waals surface area contributed by atoms with Gasteiger partial charge in [-0.05, 0) is 61.3 Å². The summed E-state index contributed by atoms with van der Waals surface area (Å²) in [5.41, 5.74) is 8.77. The van der Waals surface area contributed by atoms with Crippen molar-refractivity contribution in [1.29, 1.82) is 0 Å². The molecule has 1 aromatic carbocycles. The Kier molecular flexibility index (Phi) is 7.53. The highest BCUT2D eigenvalue weighted by atomic mass is 16.6. The second-order valence-electron chi connectivity index (χ2n) is 10.0. The third kappa shape index (κ3) is 5.46. The number of aromatic nitrogens is 3. The smallest absolute Gasteiger partial charge is 0.338 e. The molecule has 0 saturated heterocycles. The predicted molar refractivity (Wildman–Crippen MR) is 143 cm³/mol. The Morgan fingerprint density at radius 1 is 1.18 bits per heavy atom. The van der Waals surface area contributed by atoms with E-state index in [4.69, 9.17) is 14.9 Å². The lowest BCUT2D eigenvalue weighted by Crippen LogP contribution is -2.46. The van der Waals surface area contributed by atoms with E-state index < -0.39 is 11.6 Å². The first kappa shape index (κ1) is 25.6. The largest absolute Gasteiger partial charge is 0.512 e. The van der Waals surface area contributed by atoms with Crippen molar-refractivity contribution in [1.82, 2.24) is 15.0 Å². The average Bonchev–Trinajstić information content (AvgIpc) is 3.65. The van der Waals surface area contributed by atoms with Crippen molar-refractivity contribution >= 4 is 17.8 Å². The first-order chi connectivity index (χ1) is 18.5. The molecule has 0 bridgehead atoms. The van der Waals surface area contributed by atoms with Gasteiger partial charge >= 0.3 is 5.97 Å². The Balaban J connectivity index is 1.36. The van der Waals surface area contributed by atoms with E-state index in [2.05, 4.69) is 39.0 Å². The number of hydrogen-bond donors (Lipinski definition) is 2. The third-order valence-electron chi connectivity index (χ3n) is 7.66. The first-order valence-corrected chi connectivity index (χ1v) is 13.2. The van der Waals surface area contributed by atoms with Gasteiger partial charge in [-0.15, -0.1) is 0 Å². The Labute approximate surface area is 221 Å². The number of benzene rings is 1. The highest BCUT2D eigenvalue weighted by Gasteiger charge is 2.48. The molecular formula is C29H33N5O4. The molecule has 2 aromatic heterocycles. The molecule has 5 rings (SSSR count). The van der Waals surface area contributed by atoms with Crippen molar-refractivity contribution < 1.29 is 19.1 Å². The van der Waals surface area contributed by atoms with Crippen LogP contribution in [0.1, 0.15) is 63.0 Å². The lowest BCUT2D eigenvalue weighted by atomic mass is 9.76. The number of aliphatic hydroxyl groups is 1. The zero-order chi connectivity index (χ0) is 26.5. The van der Waals surface area contributed by atoms with E-state index in [1.54, 1.807) is 30.9 Å². The number of ether oxygens (including phenoxy) is 1. The lowest BCUT2D eigenvalue weighted by molar-refractivity contribution is -0.167. The number of rotatable bonds is 9. The van der Waals surface area contributed by atoms with Crippen molar-refractivity contribution in [3.8, 4) is 11.5 Å². The van der Waals surface area contributed by atoms with E-state index in [9.17, 15) is 9.90 Å². The van der Waals surface area contributed by atoms with Gasteiger partial charge in [-0.25, -0.2) is 19.7 Å². The van der Waals surface area contributed by atoms with Crippen LogP contribution >= 0.6 is 0 Å². The molecule has 3 aromatic rings. The van der Waals surface area contributed by atoms with E-state index in [0.717, 1.165) is 55.2 Å². The summed E-state index contributed by atoms with van der Waals surface area (Å²) in [7, 11) is 0. The van der Waals surface area contributed by atoms with Gasteiger partial charge in [0, 0.05) is 30.8 Å². The fourth-order valence-electron chi connectivity index (χ4n) is 5.70. The van der Waals surface area contributed by atoms with E-state index >= 15 is 0 Å². The van der Waals surface area contributed by atoms with Gasteiger partial charge in [0.15, 0.2) is 0 Å². The van der Waals surface area contributed by atoms with Crippen molar-refractivity contribution in [3.63, 3.8) is 0 Å². The summed E-state index contributed by atoms with van der Waals surface area (Å²) >= 11 is 0. The molecule has 2 aliphatic rings. The van der Waals surface area contributed by atoms with Crippen LogP contribution in [0.2, 0.25) is 0 Å². The number of aliphatic hydroxyl groups excluding tert-OH is 1. The maximum absolute atomic E-state index is 13.3. The topological polar surface area (TPSA) is 137 Å². The molecule has 0 spiro atoms. The molecule has 9 heteroatoms. The number of esters is 1. The average molecular weight is 516 g/mol. The van der Waals surface area contributed by atoms with Crippen LogP contribution in [-0.2, 0) is 22.4 Å². The molecule has 1 saturated carbocycles. The molecule has 198 valence electrons. The van der Waals surface area contributed by atoms with Crippen LogP contribution in [0.25, 0.3) is 11.5 Å². The maximum atomic E-state index is 13.3. The van der Waals surface area contributed by atoms with Crippen LogP contribution in [0.4, 0.5) is 5.95 Å². The van der Waals surface area contributed by atoms with E-state index in [1.165, 1.54) is 0 Å². The Bertz CT molecular complexity index is 1330. The standard InChI is InChI=1S/C29H33N5O4/c1-2-20-16-19(8-9-22(20)26-31-14-15-37-26)10-11-29(21-6-3-4-7-21)18-24(35)23(27(36)38-29)17-25(30)34-28-32-12-5-13-33-28/h5,8-9,12-16,21,35H,2-4,6-7,10-11,17-18H2,1H3,(H2,30,32,33,34). The normalized spacial score (nSPS) is 20.7. The second-order valence-corrected chi connectivity index (χ2v) is 10.0. The number of aryl methyl sites for hydroxylation is 2. The first-order valence-electron chi connectivity index (χ1n) is 13.2. The molecule has 9 nitrogen and oxygen atoms in total. The van der Waals surface area contributed by atoms with Gasteiger partial charge in [0.05, 0.1) is 11.8 Å². The van der Waals surface area contributed by atoms with Gasteiger partial charge in [-0.1, -0.05) is 31.9 Å². The van der Waals surface area contributed by atoms with Crippen molar-refractivity contribution in [2.45, 2.75) is 70.3 Å². The summed E-state index contributed by atoms with van der Waals surface area (Å²) in [6.07, 6.45) is 13.0. The molecule has 1 unspecified atom stereocenters. The molecule has 1 fully saturated rings. The quantitative estimate of drug-likeness (QED) is 0.220. The van der Waals surface area contributed by atoms with Gasteiger partial charge in [0.1, 0.15) is 23.5 Å². The van der Waals surface area contributed by atoms with E-state index in [0.29, 0.717) is 12.3 Å². The minimum Gasteiger partial charge on any atom is -0.512 e. The zero-order valence-corrected chi connectivity index (χ0v) is 21.6. The monoisotopic (exact) mass is 515 g/mol. The highest BCUT2D eigenvalue weighted by molar-refractivity contribution is 5.98. The molecule has 3 N–H and O–H groups in total. The molecule has 0 amide bonds. The number of carbonyl (C=O) groups is 1. The fraction of sp³-hybridized carbons (Fsp3) is 0.414. The second kappa shape index (κ2) is 11.2. The van der Waals surface area contributed by atoms with Crippen LogP contribution in [0.15, 0.2) is 69.9 Å². The Morgan fingerprint density at radius 2 is 1.97 bits per heavy atom. The van der Waals surface area contributed by atoms with Crippen molar-refractivity contribution in [2.24, 2.45) is 16.6 Å². The van der Waals surface area contributed by atoms with Crippen molar-refractivity contribution in [3.05, 3.63) is 71.6 Å². The molecule has 1 aliphatic carbocycles. The van der Waals surface area contributed by atoms with Gasteiger partial charge < -0.3 is 20.0 Å². The Hall–Kier alpha value is -4.01. The number of nitrogens with two attached hydrogens (primary N) is 1. The molecular weight excluding hydrogens is 482 g/mol. The van der Waals surface area contributed by atoms with Crippen molar-refractivity contribution in [2.75, 3.05) is 0 Å². The molecule has 0 radical (unpaired) electrons. The maximum Gasteiger partial charge on any atom is 0.338 e. The van der Waals surface area contributed by atoms with Crippen LogP contribution in [0.3, 0.4) is 0 Å². The number of hydrogen-bond acceptors (Lipinski definition) is 8. The van der Waals surface area contributed by atoms with Crippen LogP contribution in [0, 0.1) is 5.92 Å². The van der Waals surface area contributed by atoms with Crippen LogP contribution in [0.5, 0.6) is 0 Å². The van der Waals surface area contributed by atoms with E-state index in [1.807, 2.05) is 6.07 Å². The number of cyclic esters (lactones) is 1. The number of amidine groups is 1. The summed E-state index contributed by atoms with van der Waals surface area (Å²) < 4.78 is 11.7. The predicted octanol–water partition coefficient (Wildman–Crippen LogP) is 5.39. The minimum atomic E-state index is -0.747. The number of oxazole rings is 1. The third-order valence-corrected chi connectivity index (χ3v) is 7.66. The molecule has 38 heavy (non-hydrogen) atoms. The van der Waals surface area contributed by atoms with Gasteiger partial charge in [-0.2, -0.15) is 4.99 Å². The van der Waals surface area contributed by atoms with E-state index in [-0.39, 0.29) is 41.9 Å². The summed E-state index contributed by atoms with van der Waals surface area (Å²) in [6, 6.07) is 7.98. The van der Waals surface area contributed by atoms with Gasteiger partial charge in [-0.3, -0.25) is 0 Å². The summed E-state index contributed by atoms with van der Waals surface area (Å²) in [4.78, 5) is 29.8. The summed E-state index contributed by atoms with van der Waals surface area (Å²) in [5, 5.41) is 11.1. The van der Waals surface area contributed by atoms with Crippen LogP contribution < -0.4 is 5.73 Å². The molecule has 1 aliphatic heterocycles. The zero-order valence-electron chi connectivity index (χ0n) is 21.6. The lowest BCUT2D eigenvalue weighted by Gasteiger charge is -2.42. The summed E-state index contributed by atoms with van der Waals surface area (Å²) in [5.74, 6) is 0.670. The highest BCUT2D eigenvalue weighted by Crippen LogP contribution is 2.46. The van der Waals surface area contributed by atoms with Gasteiger partial charge in [0.25, 0.3) is 5.95 Å². The summed E-state index contributed by atoms with van der Waals surface area (Å²) in [6.45, 7) is 2.11. The SMILES string of the molecule is CCc1cc(CCC2(C3CCCC3)CC(O)=C(CC(N)=Nc3ncccn3)C(=O)O2)ccc1-c1ncco1. The van der Waals surface area contributed by atoms with Crippen LogP contribution in [-0.4, -0.2) is 37.5 Å². The number of nitrogens with zero attached hydrogens (tertiary/aromatic N) is 4. The Morgan fingerprint density at radius 3 is 2.66 bits per heavy atom.